The third-order valence-electron chi connectivity index (χ3n) is 5.12. The molecule has 146 valence electrons. The van der Waals surface area contributed by atoms with Crippen molar-refractivity contribution in [1.82, 2.24) is 10.2 Å². The Morgan fingerprint density at radius 2 is 1.82 bits per heavy atom. The molecule has 1 aliphatic rings. The number of ether oxygens (including phenoxy) is 1. The molecule has 0 aliphatic carbocycles. The predicted octanol–water partition coefficient (Wildman–Crippen LogP) is 2.70. The van der Waals surface area contributed by atoms with Gasteiger partial charge in [-0.05, 0) is 30.2 Å². The number of esters is 1. The van der Waals surface area contributed by atoms with Crippen LogP contribution in [0.25, 0.3) is 0 Å². The summed E-state index contributed by atoms with van der Waals surface area (Å²) >= 11 is 0. The number of methoxy groups -OCH3 is 1. The highest BCUT2D eigenvalue weighted by Crippen LogP contribution is 2.28. The zero-order valence-corrected chi connectivity index (χ0v) is 16.1. The molecule has 3 rings (SSSR count). The standard InChI is InChI=1S/C22H24N2O4/c1-15(17-6-4-3-5-7-17)24-14-19(12-20(24)25)21(26)23-13-16-8-10-18(11-9-16)22(27)28-2/h3-11,15,19H,12-14H2,1-2H3,(H,23,26)/t15-,19-/m0/s1. The highest BCUT2D eigenvalue weighted by Gasteiger charge is 2.36. The first-order valence-electron chi connectivity index (χ1n) is 9.29. The Kier molecular flexibility index (Phi) is 6.09. The van der Waals surface area contributed by atoms with E-state index >= 15 is 0 Å². The van der Waals surface area contributed by atoms with E-state index in [1.54, 1.807) is 29.2 Å². The predicted molar refractivity (Wildman–Crippen MR) is 104 cm³/mol. The van der Waals surface area contributed by atoms with E-state index in [4.69, 9.17) is 0 Å². The molecule has 28 heavy (non-hydrogen) atoms. The number of amides is 2. The summed E-state index contributed by atoms with van der Waals surface area (Å²) in [6, 6.07) is 16.6. The quantitative estimate of drug-likeness (QED) is 0.782. The van der Waals surface area contributed by atoms with Crippen molar-refractivity contribution in [3.8, 4) is 0 Å². The highest BCUT2D eigenvalue weighted by molar-refractivity contribution is 5.90. The molecule has 2 aromatic rings. The Morgan fingerprint density at radius 1 is 1.14 bits per heavy atom. The van der Waals surface area contributed by atoms with Crippen LogP contribution in [0.1, 0.15) is 40.9 Å². The molecule has 2 aromatic carbocycles. The molecule has 6 heteroatoms. The molecule has 0 aromatic heterocycles. The van der Waals surface area contributed by atoms with Crippen LogP contribution >= 0.6 is 0 Å². The van der Waals surface area contributed by atoms with E-state index in [1.165, 1.54) is 7.11 Å². The molecule has 2 atom stereocenters. The van der Waals surface area contributed by atoms with Crippen molar-refractivity contribution in [3.63, 3.8) is 0 Å². The minimum atomic E-state index is -0.396. The maximum Gasteiger partial charge on any atom is 0.337 e. The Morgan fingerprint density at radius 3 is 2.46 bits per heavy atom. The summed E-state index contributed by atoms with van der Waals surface area (Å²) in [5, 5.41) is 2.89. The fraction of sp³-hybridized carbons (Fsp3) is 0.318. The van der Waals surface area contributed by atoms with Crippen LogP contribution in [-0.2, 0) is 20.9 Å². The molecule has 1 N–H and O–H groups in total. The molecule has 1 aliphatic heterocycles. The molecule has 1 fully saturated rings. The summed E-state index contributed by atoms with van der Waals surface area (Å²) < 4.78 is 4.67. The van der Waals surface area contributed by atoms with Gasteiger partial charge in [0.05, 0.1) is 24.6 Å². The van der Waals surface area contributed by atoms with Crippen LogP contribution in [0.15, 0.2) is 54.6 Å². The van der Waals surface area contributed by atoms with Crippen LogP contribution in [0.2, 0.25) is 0 Å². The Labute approximate surface area is 164 Å². The third kappa shape index (κ3) is 4.39. The number of rotatable bonds is 6. The van der Waals surface area contributed by atoms with Gasteiger partial charge in [-0.2, -0.15) is 0 Å². The summed E-state index contributed by atoms with van der Waals surface area (Å²) in [5.41, 5.74) is 2.40. The molecule has 1 heterocycles. The van der Waals surface area contributed by atoms with E-state index in [9.17, 15) is 14.4 Å². The van der Waals surface area contributed by atoms with E-state index in [-0.39, 0.29) is 30.2 Å². The van der Waals surface area contributed by atoms with Crippen LogP contribution in [0, 0.1) is 5.92 Å². The lowest BCUT2D eigenvalue weighted by Crippen LogP contribution is -2.33. The summed E-state index contributed by atoms with van der Waals surface area (Å²) in [5.74, 6) is -0.882. The second-order valence-electron chi connectivity index (χ2n) is 6.94. The van der Waals surface area contributed by atoms with Crippen molar-refractivity contribution in [2.24, 2.45) is 5.92 Å². The molecule has 2 amide bonds. The minimum absolute atomic E-state index is 0.000987. The Hall–Kier alpha value is -3.15. The van der Waals surface area contributed by atoms with Crippen LogP contribution in [0.3, 0.4) is 0 Å². The van der Waals surface area contributed by atoms with Gasteiger partial charge in [-0.3, -0.25) is 9.59 Å². The number of nitrogens with zero attached hydrogens (tertiary/aromatic N) is 1. The van der Waals surface area contributed by atoms with Gasteiger partial charge in [0.2, 0.25) is 11.8 Å². The number of carbonyl (C=O) groups is 3. The molecule has 0 radical (unpaired) electrons. The molecule has 6 nitrogen and oxygen atoms in total. The zero-order valence-electron chi connectivity index (χ0n) is 16.1. The van der Waals surface area contributed by atoms with Crippen LogP contribution in [-0.4, -0.2) is 36.3 Å². The molecular formula is C22H24N2O4. The number of nitrogens with one attached hydrogen (secondary N) is 1. The van der Waals surface area contributed by atoms with Crippen molar-refractivity contribution >= 4 is 17.8 Å². The second-order valence-corrected chi connectivity index (χ2v) is 6.94. The lowest BCUT2D eigenvalue weighted by atomic mass is 10.1. The van der Waals surface area contributed by atoms with Gasteiger partial charge in [0.25, 0.3) is 0 Å². The monoisotopic (exact) mass is 380 g/mol. The van der Waals surface area contributed by atoms with Crippen molar-refractivity contribution in [1.29, 1.82) is 0 Å². The first kappa shape index (κ1) is 19.6. The van der Waals surface area contributed by atoms with Gasteiger partial charge in [0.1, 0.15) is 0 Å². The van der Waals surface area contributed by atoms with Gasteiger partial charge in [0.15, 0.2) is 0 Å². The first-order valence-corrected chi connectivity index (χ1v) is 9.29. The normalized spacial score (nSPS) is 17.3. The van der Waals surface area contributed by atoms with Crippen LogP contribution in [0.4, 0.5) is 0 Å². The smallest absolute Gasteiger partial charge is 0.337 e. The molecule has 0 saturated carbocycles. The van der Waals surface area contributed by atoms with Gasteiger partial charge in [-0.25, -0.2) is 4.79 Å². The molecule has 0 bridgehead atoms. The van der Waals surface area contributed by atoms with Gasteiger partial charge < -0.3 is 15.0 Å². The van der Waals surface area contributed by atoms with E-state index < -0.39 is 5.97 Å². The van der Waals surface area contributed by atoms with Crippen molar-refractivity contribution < 1.29 is 19.1 Å². The van der Waals surface area contributed by atoms with E-state index in [2.05, 4.69) is 10.1 Å². The summed E-state index contributed by atoms with van der Waals surface area (Å²) in [6.07, 6.45) is 0.226. The van der Waals surface area contributed by atoms with Crippen molar-refractivity contribution in [3.05, 3.63) is 71.3 Å². The maximum absolute atomic E-state index is 12.5. The highest BCUT2D eigenvalue weighted by atomic mass is 16.5. The van der Waals surface area contributed by atoms with Crippen molar-refractivity contribution in [2.45, 2.75) is 25.9 Å². The van der Waals surface area contributed by atoms with Gasteiger partial charge in [-0.1, -0.05) is 42.5 Å². The number of hydrogen-bond donors (Lipinski definition) is 1. The summed E-state index contributed by atoms with van der Waals surface area (Å²) in [6.45, 7) is 2.75. The van der Waals surface area contributed by atoms with Crippen LogP contribution < -0.4 is 5.32 Å². The molecule has 1 saturated heterocycles. The second kappa shape index (κ2) is 8.69. The Bertz CT molecular complexity index is 849. The fourth-order valence-corrected chi connectivity index (χ4v) is 3.40. The Balaban J connectivity index is 1.55. The third-order valence-corrected chi connectivity index (χ3v) is 5.12. The number of likely N-dealkylation sites (tertiary alicyclic amines) is 1. The first-order chi connectivity index (χ1) is 13.5. The van der Waals surface area contributed by atoms with E-state index in [0.29, 0.717) is 18.7 Å². The van der Waals surface area contributed by atoms with Crippen LogP contribution in [0.5, 0.6) is 0 Å². The average Bonchev–Trinajstić information content (AvgIpc) is 3.13. The molecular weight excluding hydrogens is 356 g/mol. The molecule has 0 unspecified atom stereocenters. The largest absolute Gasteiger partial charge is 0.465 e. The van der Waals surface area contributed by atoms with Gasteiger partial charge >= 0.3 is 5.97 Å². The lowest BCUT2D eigenvalue weighted by Gasteiger charge is -2.25. The summed E-state index contributed by atoms with van der Waals surface area (Å²) in [7, 11) is 1.33. The maximum atomic E-state index is 12.5. The van der Waals surface area contributed by atoms with E-state index in [0.717, 1.165) is 11.1 Å². The van der Waals surface area contributed by atoms with Crippen molar-refractivity contribution in [2.75, 3.05) is 13.7 Å². The lowest BCUT2D eigenvalue weighted by molar-refractivity contribution is -0.130. The number of hydrogen-bond acceptors (Lipinski definition) is 4. The molecule has 0 spiro atoms. The zero-order chi connectivity index (χ0) is 20.1. The summed E-state index contributed by atoms with van der Waals surface area (Å²) in [4.78, 5) is 38.2. The number of carbonyl (C=O) groups excluding carboxylic acids is 3. The van der Waals surface area contributed by atoms with Gasteiger partial charge in [-0.15, -0.1) is 0 Å². The SMILES string of the molecule is COC(=O)c1ccc(CNC(=O)[C@H]2CC(=O)N([C@@H](C)c3ccccc3)C2)cc1. The van der Waals surface area contributed by atoms with E-state index in [1.807, 2.05) is 37.3 Å². The topological polar surface area (TPSA) is 75.7 Å². The van der Waals surface area contributed by atoms with Gasteiger partial charge in [0, 0.05) is 19.5 Å². The fourth-order valence-electron chi connectivity index (χ4n) is 3.40. The minimum Gasteiger partial charge on any atom is -0.465 e. The number of benzene rings is 2. The average molecular weight is 380 g/mol.